The smallest absolute Gasteiger partial charge is 0.410 e. The molecular formula is C19H28N2O2. The van der Waals surface area contributed by atoms with Gasteiger partial charge in [-0.25, -0.2) is 4.79 Å². The normalized spacial score (nSPS) is 26.2. The third kappa shape index (κ3) is 3.46. The molecule has 1 aliphatic heterocycles. The Bertz CT molecular complexity index is 579. The Hall–Kier alpha value is -1.71. The van der Waals surface area contributed by atoms with Gasteiger partial charge in [-0.3, -0.25) is 0 Å². The zero-order valence-corrected chi connectivity index (χ0v) is 14.8. The van der Waals surface area contributed by atoms with Crippen molar-refractivity contribution in [2.24, 2.45) is 11.8 Å². The first-order valence-corrected chi connectivity index (χ1v) is 8.59. The predicted molar refractivity (Wildman–Crippen MR) is 92.7 cm³/mol. The molecule has 1 aromatic rings. The molecule has 1 heterocycles. The molecule has 4 nitrogen and oxygen atoms in total. The van der Waals surface area contributed by atoms with Crippen molar-refractivity contribution >= 4 is 11.8 Å². The Labute approximate surface area is 139 Å². The molecule has 126 valence electrons. The van der Waals surface area contributed by atoms with Crippen molar-refractivity contribution in [2.45, 2.75) is 52.2 Å². The minimum Gasteiger partial charge on any atom is -0.444 e. The third-order valence-electron chi connectivity index (χ3n) is 4.75. The van der Waals surface area contributed by atoms with Crippen molar-refractivity contribution in [3.8, 4) is 0 Å². The quantitative estimate of drug-likeness (QED) is 0.913. The first-order chi connectivity index (χ1) is 10.8. The van der Waals surface area contributed by atoms with E-state index in [1.165, 1.54) is 11.3 Å². The van der Waals surface area contributed by atoms with Crippen molar-refractivity contribution in [1.29, 1.82) is 0 Å². The number of piperidine rings is 1. The van der Waals surface area contributed by atoms with E-state index in [0.29, 0.717) is 23.8 Å². The maximum Gasteiger partial charge on any atom is 0.410 e. The van der Waals surface area contributed by atoms with Crippen LogP contribution in [0, 0.1) is 11.8 Å². The number of para-hydroxylation sites is 1. The fraction of sp³-hybridized carbons (Fsp3) is 0.632. The second-order valence-electron chi connectivity index (χ2n) is 8.13. The molecule has 1 saturated heterocycles. The van der Waals surface area contributed by atoms with Crippen LogP contribution in [0.2, 0.25) is 0 Å². The summed E-state index contributed by atoms with van der Waals surface area (Å²) in [6.07, 6.45) is -0.175. The average molecular weight is 316 g/mol. The SMILES string of the molecule is CC(C)c1ccccc1NC1[C@H]2CN(C(=O)OC(C)(C)C)C[C@@H]12. The second kappa shape index (κ2) is 5.73. The van der Waals surface area contributed by atoms with Gasteiger partial charge in [-0.15, -0.1) is 0 Å². The summed E-state index contributed by atoms with van der Waals surface area (Å²) in [4.78, 5) is 14.0. The van der Waals surface area contributed by atoms with Crippen LogP contribution in [0.3, 0.4) is 0 Å². The Morgan fingerprint density at radius 3 is 2.39 bits per heavy atom. The zero-order chi connectivity index (χ0) is 16.8. The topological polar surface area (TPSA) is 41.6 Å². The number of benzene rings is 1. The molecule has 0 radical (unpaired) electrons. The first-order valence-electron chi connectivity index (χ1n) is 8.59. The first kappa shape index (κ1) is 16.2. The molecule has 23 heavy (non-hydrogen) atoms. The monoisotopic (exact) mass is 316 g/mol. The number of rotatable bonds is 3. The molecule has 3 rings (SSSR count). The number of likely N-dealkylation sites (tertiary alicyclic amines) is 1. The molecular weight excluding hydrogens is 288 g/mol. The van der Waals surface area contributed by atoms with E-state index in [0.717, 1.165) is 13.1 Å². The molecule has 1 aromatic carbocycles. The summed E-state index contributed by atoms with van der Waals surface area (Å²) < 4.78 is 5.46. The molecule has 3 atom stereocenters. The van der Waals surface area contributed by atoms with Gasteiger partial charge in [0.25, 0.3) is 0 Å². The summed E-state index contributed by atoms with van der Waals surface area (Å²) in [6, 6.07) is 9.03. The van der Waals surface area contributed by atoms with E-state index in [9.17, 15) is 4.79 Å². The van der Waals surface area contributed by atoms with E-state index >= 15 is 0 Å². The lowest BCUT2D eigenvalue weighted by Gasteiger charge is -2.26. The maximum atomic E-state index is 12.1. The van der Waals surface area contributed by atoms with Crippen molar-refractivity contribution < 1.29 is 9.53 Å². The standard InChI is InChI=1S/C19H28N2O2/c1-12(2)13-8-6-7-9-16(13)20-17-14-10-21(11-15(14)17)18(22)23-19(3,4)5/h6-9,12,14-15,17,20H,10-11H2,1-5H3/t14-,15+,17?. The minimum absolute atomic E-state index is 0.175. The van der Waals surface area contributed by atoms with Gasteiger partial charge in [0, 0.05) is 36.7 Å². The lowest BCUT2D eigenvalue weighted by atomic mass is 10.0. The highest BCUT2D eigenvalue weighted by Gasteiger charge is 2.57. The van der Waals surface area contributed by atoms with Crippen LogP contribution in [0.4, 0.5) is 10.5 Å². The number of carbonyl (C=O) groups is 1. The van der Waals surface area contributed by atoms with Crippen LogP contribution in [0.5, 0.6) is 0 Å². The molecule has 1 amide bonds. The lowest BCUT2D eigenvalue weighted by molar-refractivity contribution is 0.0272. The molecule has 1 N–H and O–H groups in total. The summed E-state index contributed by atoms with van der Waals surface area (Å²) in [5, 5.41) is 3.70. The van der Waals surface area contributed by atoms with Gasteiger partial charge in [-0.05, 0) is 38.3 Å². The summed E-state index contributed by atoms with van der Waals surface area (Å²) >= 11 is 0. The number of ether oxygens (including phenoxy) is 1. The Balaban J connectivity index is 1.56. The van der Waals surface area contributed by atoms with E-state index in [1.54, 1.807) is 0 Å². The fourth-order valence-electron chi connectivity index (χ4n) is 3.53. The van der Waals surface area contributed by atoms with Gasteiger partial charge >= 0.3 is 6.09 Å². The highest BCUT2D eigenvalue weighted by atomic mass is 16.6. The molecule has 0 aromatic heterocycles. The number of carbonyl (C=O) groups excluding carboxylic acids is 1. The zero-order valence-electron chi connectivity index (χ0n) is 14.8. The largest absolute Gasteiger partial charge is 0.444 e. The van der Waals surface area contributed by atoms with Crippen LogP contribution in [-0.4, -0.2) is 35.7 Å². The number of hydrogen-bond acceptors (Lipinski definition) is 3. The molecule has 1 saturated carbocycles. The van der Waals surface area contributed by atoms with Crippen LogP contribution in [0.1, 0.15) is 46.1 Å². The molecule has 0 spiro atoms. The maximum absolute atomic E-state index is 12.1. The van der Waals surface area contributed by atoms with Crippen LogP contribution in [-0.2, 0) is 4.74 Å². The van der Waals surface area contributed by atoms with Gasteiger partial charge in [0.15, 0.2) is 0 Å². The minimum atomic E-state index is -0.419. The Morgan fingerprint density at radius 1 is 1.22 bits per heavy atom. The summed E-state index contributed by atoms with van der Waals surface area (Å²) in [7, 11) is 0. The number of hydrogen-bond donors (Lipinski definition) is 1. The lowest BCUT2D eigenvalue weighted by Crippen LogP contribution is -2.38. The van der Waals surface area contributed by atoms with E-state index in [-0.39, 0.29) is 6.09 Å². The predicted octanol–water partition coefficient (Wildman–Crippen LogP) is 4.09. The molecule has 1 aliphatic carbocycles. The third-order valence-corrected chi connectivity index (χ3v) is 4.75. The second-order valence-corrected chi connectivity index (χ2v) is 8.13. The van der Waals surface area contributed by atoms with Gasteiger partial charge in [0.1, 0.15) is 5.60 Å². The number of anilines is 1. The molecule has 2 fully saturated rings. The van der Waals surface area contributed by atoms with Crippen LogP contribution in [0.15, 0.2) is 24.3 Å². The molecule has 1 unspecified atom stereocenters. The van der Waals surface area contributed by atoms with Gasteiger partial charge in [0.05, 0.1) is 0 Å². The number of fused-ring (bicyclic) bond motifs is 1. The number of amides is 1. The van der Waals surface area contributed by atoms with Crippen LogP contribution >= 0.6 is 0 Å². The van der Waals surface area contributed by atoms with Crippen molar-refractivity contribution in [3.63, 3.8) is 0 Å². The van der Waals surface area contributed by atoms with E-state index in [2.05, 4.69) is 43.4 Å². The number of nitrogens with one attached hydrogen (secondary N) is 1. The van der Waals surface area contributed by atoms with Crippen molar-refractivity contribution in [1.82, 2.24) is 4.90 Å². The highest BCUT2D eigenvalue weighted by molar-refractivity contribution is 5.69. The van der Waals surface area contributed by atoms with Gasteiger partial charge in [0.2, 0.25) is 0 Å². The van der Waals surface area contributed by atoms with Crippen LogP contribution < -0.4 is 5.32 Å². The van der Waals surface area contributed by atoms with Crippen LogP contribution in [0.25, 0.3) is 0 Å². The van der Waals surface area contributed by atoms with Gasteiger partial charge < -0.3 is 15.0 Å². The van der Waals surface area contributed by atoms with Gasteiger partial charge in [-0.1, -0.05) is 32.0 Å². The molecule has 2 aliphatic rings. The average Bonchev–Trinajstić information content (AvgIpc) is 2.90. The molecule has 4 heteroatoms. The summed E-state index contributed by atoms with van der Waals surface area (Å²) in [6.45, 7) is 11.8. The summed E-state index contributed by atoms with van der Waals surface area (Å²) in [5.41, 5.74) is 2.18. The highest BCUT2D eigenvalue weighted by Crippen LogP contribution is 2.48. The van der Waals surface area contributed by atoms with E-state index in [1.807, 2.05) is 25.7 Å². The number of nitrogens with zero attached hydrogens (tertiary/aromatic N) is 1. The van der Waals surface area contributed by atoms with E-state index in [4.69, 9.17) is 4.74 Å². The van der Waals surface area contributed by atoms with E-state index < -0.39 is 5.60 Å². The fourth-order valence-corrected chi connectivity index (χ4v) is 3.53. The van der Waals surface area contributed by atoms with Crippen molar-refractivity contribution in [2.75, 3.05) is 18.4 Å². The van der Waals surface area contributed by atoms with Crippen molar-refractivity contribution in [3.05, 3.63) is 29.8 Å². The Kier molecular flexibility index (Phi) is 4.03. The Morgan fingerprint density at radius 2 is 1.83 bits per heavy atom. The van der Waals surface area contributed by atoms with Gasteiger partial charge in [-0.2, -0.15) is 0 Å². The summed E-state index contributed by atoms with van der Waals surface area (Å²) in [5.74, 6) is 1.63. The molecule has 0 bridgehead atoms.